The van der Waals surface area contributed by atoms with Gasteiger partial charge in [0.1, 0.15) is 16.3 Å². The molecule has 128 valence electrons. The van der Waals surface area contributed by atoms with Gasteiger partial charge in [0.15, 0.2) is 0 Å². The number of carbonyl (C=O) groups is 1. The zero-order valence-electron chi connectivity index (χ0n) is 14.5. The first-order valence-corrected chi connectivity index (χ1v) is 9.08. The molecule has 0 atom stereocenters. The molecule has 0 fully saturated rings. The van der Waals surface area contributed by atoms with Crippen molar-refractivity contribution in [1.82, 2.24) is 10.2 Å². The SMILES string of the molecule is CC(C)(C)OC(=O)CSc1nnc(-c2ccccc2)c2ccccc12. The number of esters is 1. The van der Waals surface area contributed by atoms with Gasteiger partial charge >= 0.3 is 5.97 Å². The Hall–Kier alpha value is -2.40. The van der Waals surface area contributed by atoms with Crippen LogP contribution in [0.3, 0.4) is 0 Å². The van der Waals surface area contributed by atoms with Crippen molar-refractivity contribution in [2.75, 3.05) is 5.75 Å². The Balaban J connectivity index is 1.90. The van der Waals surface area contributed by atoms with Crippen LogP contribution in [-0.2, 0) is 9.53 Å². The number of fused-ring (bicyclic) bond motifs is 1. The summed E-state index contributed by atoms with van der Waals surface area (Å²) in [4.78, 5) is 12.0. The van der Waals surface area contributed by atoms with E-state index in [1.165, 1.54) is 11.8 Å². The summed E-state index contributed by atoms with van der Waals surface area (Å²) in [5.74, 6) is -0.0452. The maximum Gasteiger partial charge on any atom is 0.316 e. The average molecular weight is 352 g/mol. The Morgan fingerprint density at radius 1 is 0.960 bits per heavy atom. The maximum atomic E-state index is 12.0. The van der Waals surface area contributed by atoms with Gasteiger partial charge in [-0.25, -0.2) is 0 Å². The van der Waals surface area contributed by atoms with E-state index in [0.29, 0.717) is 0 Å². The van der Waals surface area contributed by atoms with Crippen molar-refractivity contribution in [2.24, 2.45) is 0 Å². The number of carbonyl (C=O) groups excluding carboxylic acids is 1. The number of benzene rings is 2. The summed E-state index contributed by atoms with van der Waals surface area (Å²) in [5, 5.41) is 11.5. The molecule has 0 saturated heterocycles. The fourth-order valence-electron chi connectivity index (χ4n) is 2.49. The lowest BCUT2D eigenvalue weighted by Gasteiger charge is -2.19. The van der Waals surface area contributed by atoms with Gasteiger partial charge < -0.3 is 4.74 Å². The van der Waals surface area contributed by atoms with Gasteiger partial charge in [-0.3, -0.25) is 4.79 Å². The molecule has 5 heteroatoms. The number of nitrogens with zero attached hydrogens (tertiary/aromatic N) is 2. The predicted octanol–water partition coefficient (Wildman–Crippen LogP) is 4.73. The molecule has 1 aromatic heterocycles. The van der Waals surface area contributed by atoms with E-state index in [1.54, 1.807) is 0 Å². The molecule has 0 radical (unpaired) electrons. The van der Waals surface area contributed by atoms with Crippen LogP contribution >= 0.6 is 11.8 Å². The first-order chi connectivity index (χ1) is 11.9. The van der Waals surface area contributed by atoms with Crippen molar-refractivity contribution < 1.29 is 9.53 Å². The summed E-state index contributed by atoms with van der Waals surface area (Å²) in [7, 11) is 0. The Morgan fingerprint density at radius 2 is 1.60 bits per heavy atom. The van der Waals surface area contributed by atoms with Gasteiger partial charge in [0.25, 0.3) is 0 Å². The second kappa shape index (κ2) is 7.23. The summed E-state index contributed by atoms with van der Waals surface area (Å²) in [6, 6.07) is 18.0. The van der Waals surface area contributed by atoms with Crippen molar-refractivity contribution in [1.29, 1.82) is 0 Å². The molecule has 0 aliphatic carbocycles. The van der Waals surface area contributed by atoms with Crippen LogP contribution in [-0.4, -0.2) is 27.5 Å². The maximum absolute atomic E-state index is 12.0. The van der Waals surface area contributed by atoms with Crippen LogP contribution in [0.5, 0.6) is 0 Å². The molecule has 0 aliphatic heterocycles. The first kappa shape index (κ1) is 17.4. The van der Waals surface area contributed by atoms with Crippen molar-refractivity contribution in [2.45, 2.75) is 31.4 Å². The fraction of sp³-hybridized carbons (Fsp3) is 0.250. The second-order valence-electron chi connectivity index (χ2n) is 6.64. The highest BCUT2D eigenvalue weighted by atomic mass is 32.2. The Morgan fingerprint density at radius 3 is 2.28 bits per heavy atom. The lowest BCUT2D eigenvalue weighted by molar-refractivity contribution is -0.151. The second-order valence-corrected chi connectivity index (χ2v) is 7.60. The third kappa shape index (κ3) is 4.37. The van der Waals surface area contributed by atoms with Gasteiger partial charge in [0.2, 0.25) is 0 Å². The van der Waals surface area contributed by atoms with Crippen molar-refractivity contribution in [3.8, 4) is 11.3 Å². The van der Waals surface area contributed by atoms with Crippen LogP contribution in [0.1, 0.15) is 20.8 Å². The van der Waals surface area contributed by atoms with E-state index in [-0.39, 0.29) is 11.7 Å². The van der Waals surface area contributed by atoms with Gasteiger partial charge in [0, 0.05) is 16.3 Å². The number of hydrogen-bond acceptors (Lipinski definition) is 5. The summed E-state index contributed by atoms with van der Waals surface area (Å²) < 4.78 is 5.36. The number of thioether (sulfide) groups is 1. The molecule has 3 aromatic rings. The van der Waals surface area contributed by atoms with Crippen LogP contribution in [0.25, 0.3) is 22.0 Å². The van der Waals surface area contributed by atoms with Crippen LogP contribution < -0.4 is 0 Å². The summed E-state index contributed by atoms with van der Waals surface area (Å²) in [6.45, 7) is 5.58. The molecule has 25 heavy (non-hydrogen) atoms. The molecular formula is C20H20N2O2S. The fourth-order valence-corrected chi connectivity index (χ4v) is 3.24. The zero-order valence-corrected chi connectivity index (χ0v) is 15.3. The molecule has 4 nitrogen and oxygen atoms in total. The molecule has 0 amide bonds. The minimum Gasteiger partial charge on any atom is -0.459 e. The standard InChI is InChI=1S/C20H20N2O2S/c1-20(2,3)24-17(23)13-25-19-16-12-8-7-11-15(16)18(21-22-19)14-9-5-4-6-10-14/h4-12H,13H2,1-3H3. The lowest BCUT2D eigenvalue weighted by Crippen LogP contribution is -2.24. The molecule has 0 N–H and O–H groups in total. The highest BCUT2D eigenvalue weighted by Crippen LogP contribution is 2.31. The number of hydrogen-bond donors (Lipinski definition) is 0. The largest absolute Gasteiger partial charge is 0.459 e. The predicted molar refractivity (Wildman–Crippen MR) is 102 cm³/mol. The summed E-state index contributed by atoms with van der Waals surface area (Å²) in [6.07, 6.45) is 0. The number of aromatic nitrogens is 2. The van der Waals surface area contributed by atoms with Crippen LogP contribution in [0.15, 0.2) is 59.6 Å². The van der Waals surface area contributed by atoms with E-state index in [1.807, 2.05) is 75.4 Å². The molecule has 0 spiro atoms. The normalized spacial score (nSPS) is 11.5. The third-order valence-corrected chi connectivity index (χ3v) is 4.40. The van der Waals surface area contributed by atoms with E-state index in [4.69, 9.17) is 4.74 Å². The topological polar surface area (TPSA) is 52.1 Å². The number of ether oxygens (including phenoxy) is 1. The first-order valence-electron chi connectivity index (χ1n) is 8.09. The van der Waals surface area contributed by atoms with Crippen LogP contribution in [0.4, 0.5) is 0 Å². The van der Waals surface area contributed by atoms with Crippen LogP contribution in [0, 0.1) is 0 Å². The van der Waals surface area contributed by atoms with E-state index in [9.17, 15) is 4.79 Å². The highest BCUT2D eigenvalue weighted by Gasteiger charge is 2.18. The van der Waals surface area contributed by atoms with Crippen molar-refractivity contribution in [3.05, 3.63) is 54.6 Å². The molecule has 0 bridgehead atoms. The minimum atomic E-state index is -0.484. The lowest BCUT2D eigenvalue weighted by atomic mass is 10.1. The van der Waals surface area contributed by atoms with E-state index < -0.39 is 5.60 Å². The highest BCUT2D eigenvalue weighted by molar-refractivity contribution is 8.00. The van der Waals surface area contributed by atoms with Crippen molar-refractivity contribution in [3.63, 3.8) is 0 Å². The Kier molecular flexibility index (Phi) is 5.04. The summed E-state index contributed by atoms with van der Waals surface area (Å²) in [5.41, 5.74) is 1.38. The molecule has 2 aromatic carbocycles. The van der Waals surface area contributed by atoms with E-state index in [2.05, 4.69) is 10.2 Å². The average Bonchev–Trinajstić information content (AvgIpc) is 2.59. The molecular weight excluding hydrogens is 332 g/mol. The van der Waals surface area contributed by atoms with Gasteiger partial charge in [0.05, 0.1) is 5.75 Å². The zero-order chi connectivity index (χ0) is 17.9. The molecule has 0 aliphatic rings. The van der Waals surface area contributed by atoms with Gasteiger partial charge in [-0.05, 0) is 20.8 Å². The molecule has 3 rings (SSSR count). The van der Waals surface area contributed by atoms with Gasteiger partial charge in [-0.15, -0.1) is 10.2 Å². The quantitative estimate of drug-likeness (QED) is 0.502. The minimum absolute atomic E-state index is 0.209. The molecule has 1 heterocycles. The Labute approximate surface area is 151 Å². The number of rotatable bonds is 4. The van der Waals surface area contributed by atoms with E-state index >= 15 is 0 Å². The van der Waals surface area contributed by atoms with Crippen LogP contribution in [0.2, 0.25) is 0 Å². The third-order valence-electron chi connectivity index (χ3n) is 3.45. The monoisotopic (exact) mass is 352 g/mol. The van der Waals surface area contributed by atoms with Gasteiger partial charge in [-0.1, -0.05) is 66.4 Å². The van der Waals surface area contributed by atoms with E-state index in [0.717, 1.165) is 27.1 Å². The Bertz CT molecular complexity index is 889. The summed E-state index contributed by atoms with van der Waals surface area (Å²) >= 11 is 1.35. The van der Waals surface area contributed by atoms with Crippen molar-refractivity contribution >= 4 is 28.5 Å². The van der Waals surface area contributed by atoms with Gasteiger partial charge in [-0.2, -0.15) is 0 Å². The smallest absolute Gasteiger partial charge is 0.316 e. The molecule has 0 saturated carbocycles. The molecule has 0 unspecified atom stereocenters.